The minimum absolute atomic E-state index is 0.734. The van der Waals surface area contributed by atoms with Crippen LogP contribution in [0.25, 0.3) is 0 Å². The molecule has 0 saturated heterocycles. The van der Waals surface area contributed by atoms with Gasteiger partial charge in [0, 0.05) is 16.2 Å². The van der Waals surface area contributed by atoms with Crippen LogP contribution in [0.5, 0.6) is 0 Å². The molecule has 94 valence electrons. The van der Waals surface area contributed by atoms with Crippen molar-refractivity contribution in [3.63, 3.8) is 0 Å². The molecule has 1 N–H and O–H groups in total. The smallest absolute Gasteiger partial charge is 0.135 e. The van der Waals surface area contributed by atoms with Gasteiger partial charge in [0.25, 0.3) is 0 Å². The largest absolute Gasteiger partial charge is 0.340 e. The Labute approximate surface area is 123 Å². The second-order valence-corrected chi connectivity index (χ2v) is 5.78. The van der Waals surface area contributed by atoms with Crippen LogP contribution in [0.3, 0.4) is 0 Å². The van der Waals surface area contributed by atoms with Crippen molar-refractivity contribution in [1.29, 1.82) is 0 Å². The van der Waals surface area contributed by atoms with Crippen LogP contribution < -0.4 is 5.32 Å². The molecule has 0 bridgehead atoms. The Hall–Kier alpha value is -0.940. The van der Waals surface area contributed by atoms with Crippen LogP contribution in [0, 0.1) is 20.8 Å². The average molecular weight is 371 g/mol. The molecule has 5 heteroatoms. The molecule has 0 aliphatic carbocycles. The molecule has 1 heterocycles. The van der Waals surface area contributed by atoms with Gasteiger partial charge < -0.3 is 5.32 Å². The van der Waals surface area contributed by atoms with Gasteiger partial charge in [-0.05, 0) is 60.0 Å². The summed E-state index contributed by atoms with van der Waals surface area (Å²) in [5.41, 5.74) is 3.42. The van der Waals surface area contributed by atoms with E-state index in [9.17, 15) is 0 Å². The molecular formula is C13H13Br2N3. The number of hydrogen-bond donors (Lipinski definition) is 1. The third-order valence-corrected chi connectivity index (χ3v) is 4.17. The van der Waals surface area contributed by atoms with Gasteiger partial charge >= 0.3 is 0 Å². The molecule has 0 aliphatic rings. The van der Waals surface area contributed by atoms with E-state index in [0.717, 1.165) is 26.4 Å². The number of rotatable bonds is 2. The monoisotopic (exact) mass is 369 g/mol. The van der Waals surface area contributed by atoms with Crippen LogP contribution in [-0.4, -0.2) is 9.97 Å². The van der Waals surface area contributed by atoms with Crippen molar-refractivity contribution in [2.75, 3.05) is 5.32 Å². The summed E-state index contributed by atoms with van der Waals surface area (Å²) in [6.45, 7) is 6.01. The number of benzene rings is 1. The van der Waals surface area contributed by atoms with Gasteiger partial charge in [0.05, 0.1) is 0 Å². The molecule has 0 amide bonds. The molecule has 0 unspecified atom stereocenters. The van der Waals surface area contributed by atoms with Gasteiger partial charge in [0.1, 0.15) is 16.2 Å². The fourth-order valence-electron chi connectivity index (χ4n) is 1.76. The number of hydrogen-bond acceptors (Lipinski definition) is 3. The van der Waals surface area contributed by atoms with Gasteiger partial charge in [-0.1, -0.05) is 15.9 Å². The third kappa shape index (κ3) is 3.09. The predicted molar refractivity (Wildman–Crippen MR) is 81.4 cm³/mol. The number of aryl methyl sites for hydroxylation is 3. The molecule has 0 spiro atoms. The Morgan fingerprint density at radius 1 is 0.944 bits per heavy atom. The third-order valence-electron chi connectivity index (χ3n) is 2.52. The first-order valence-electron chi connectivity index (χ1n) is 5.50. The highest BCUT2D eigenvalue weighted by Crippen LogP contribution is 2.27. The van der Waals surface area contributed by atoms with Crippen LogP contribution in [0.1, 0.15) is 17.0 Å². The summed E-state index contributed by atoms with van der Waals surface area (Å²) >= 11 is 6.93. The number of aromatic nitrogens is 2. The summed E-state index contributed by atoms with van der Waals surface area (Å²) in [6.07, 6.45) is 0. The first-order valence-corrected chi connectivity index (χ1v) is 7.09. The Bertz CT molecular complexity index is 554. The SMILES string of the molecule is Cc1nc(Br)cc(Nc2cc(C)c(Br)c(C)c2)n1. The van der Waals surface area contributed by atoms with Gasteiger partial charge in [0.15, 0.2) is 0 Å². The Morgan fingerprint density at radius 2 is 1.56 bits per heavy atom. The van der Waals surface area contributed by atoms with E-state index in [0.29, 0.717) is 0 Å². The lowest BCUT2D eigenvalue weighted by atomic mass is 10.1. The van der Waals surface area contributed by atoms with Crippen molar-refractivity contribution in [2.45, 2.75) is 20.8 Å². The number of anilines is 2. The minimum atomic E-state index is 0.734. The van der Waals surface area contributed by atoms with E-state index in [4.69, 9.17) is 0 Å². The van der Waals surface area contributed by atoms with Crippen molar-refractivity contribution >= 4 is 43.4 Å². The van der Waals surface area contributed by atoms with Gasteiger partial charge in [-0.25, -0.2) is 9.97 Å². The standard InChI is InChI=1S/C13H13Br2N3/c1-7-4-10(5-8(2)13(7)15)18-12-6-11(14)16-9(3)17-12/h4-6H,1-3H3,(H,16,17,18). The van der Waals surface area contributed by atoms with Crippen molar-refractivity contribution in [3.8, 4) is 0 Å². The highest BCUT2D eigenvalue weighted by Gasteiger charge is 2.04. The molecule has 1 aromatic carbocycles. The maximum atomic E-state index is 4.35. The quantitative estimate of drug-likeness (QED) is 0.780. The lowest BCUT2D eigenvalue weighted by Crippen LogP contribution is -1.98. The zero-order valence-corrected chi connectivity index (χ0v) is 13.6. The minimum Gasteiger partial charge on any atom is -0.340 e. The van der Waals surface area contributed by atoms with Crippen LogP contribution in [-0.2, 0) is 0 Å². The van der Waals surface area contributed by atoms with Gasteiger partial charge in [0.2, 0.25) is 0 Å². The maximum Gasteiger partial charge on any atom is 0.135 e. The summed E-state index contributed by atoms with van der Waals surface area (Å²) < 4.78 is 1.93. The maximum absolute atomic E-state index is 4.35. The Kier molecular flexibility index (Phi) is 4.02. The van der Waals surface area contributed by atoms with Crippen molar-refractivity contribution in [3.05, 3.63) is 44.2 Å². The van der Waals surface area contributed by atoms with Crippen LogP contribution in [0.15, 0.2) is 27.3 Å². The number of nitrogens with one attached hydrogen (secondary N) is 1. The zero-order valence-electron chi connectivity index (χ0n) is 10.4. The van der Waals surface area contributed by atoms with Crippen LogP contribution in [0.2, 0.25) is 0 Å². The predicted octanol–water partition coefficient (Wildman–Crippen LogP) is 4.67. The molecule has 0 atom stereocenters. The molecule has 1 aromatic heterocycles. The average Bonchev–Trinajstić information content (AvgIpc) is 2.24. The van der Waals surface area contributed by atoms with E-state index in [1.807, 2.05) is 13.0 Å². The number of nitrogens with zero attached hydrogens (tertiary/aromatic N) is 2. The summed E-state index contributed by atoms with van der Waals surface area (Å²) in [5.74, 6) is 1.52. The molecule has 3 nitrogen and oxygen atoms in total. The van der Waals surface area contributed by atoms with Gasteiger partial charge in [-0.3, -0.25) is 0 Å². The van der Waals surface area contributed by atoms with E-state index >= 15 is 0 Å². The Morgan fingerprint density at radius 3 is 2.11 bits per heavy atom. The molecular weight excluding hydrogens is 358 g/mol. The Balaban J connectivity index is 2.34. The fraction of sp³-hybridized carbons (Fsp3) is 0.231. The second-order valence-electron chi connectivity index (χ2n) is 4.17. The van der Waals surface area contributed by atoms with E-state index in [-0.39, 0.29) is 0 Å². The van der Waals surface area contributed by atoms with Crippen molar-refractivity contribution in [2.24, 2.45) is 0 Å². The lowest BCUT2D eigenvalue weighted by molar-refractivity contribution is 1.04. The topological polar surface area (TPSA) is 37.8 Å². The molecule has 2 aromatic rings. The van der Waals surface area contributed by atoms with Crippen molar-refractivity contribution < 1.29 is 0 Å². The number of halogens is 2. The first kappa shape index (κ1) is 13.5. The molecule has 0 saturated carbocycles. The summed E-state index contributed by atoms with van der Waals surface area (Å²) in [5, 5.41) is 3.29. The summed E-state index contributed by atoms with van der Waals surface area (Å²) in [6, 6.07) is 6.03. The van der Waals surface area contributed by atoms with Gasteiger partial charge in [-0.15, -0.1) is 0 Å². The first-order chi connectivity index (χ1) is 8.45. The summed E-state index contributed by atoms with van der Waals surface area (Å²) in [4.78, 5) is 8.53. The van der Waals surface area contributed by atoms with E-state index in [2.05, 4.69) is 73.1 Å². The normalized spacial score (nSPS) is 10.5. The lowest BCUT2D eigenvalue weighted by Gasteiger charge is -2.10. The molecule has 0 radical (unpaired) electrons. The zero-order chi connectivity index (χ0) is 13.3. The van der Waals surface area contributed by atoms with Crippen LogP contribution >= 0.6 is 31.9 Å². The molecule has 0 aliphatic heterocycles. The van der Waals surface area contributed by atoms with E-state index in [1.165, 1.54) is 11.1 Å². The molecule has 0 fully saturated rings. The highest BCUT2D eigenvalue weighted by molar-refractivity contribution is 9.10. The van der Waals surface area contributed by atoms with Crippen molar-refractivity contribution in [1.82, 2.24) is 9.97 Å². The fourth-order valence-corrected chi connectivity index (χ4v) is 2.46. The molecule has 2 rings (SSSR count). The van der Waals surface area contributed by atoms with Crippen LogP contribution in [0.4, 0.5) is 11.5 Å². The summed E-state index contributed by atoms with van der Waals surface area (Å²) in [7, 11) is 0. The van der Waals surface area contributed by atoms with Gasteiger partial charge in [-0.2, -0.15) is 0 Å². The second kappa shape index (κ2) is 5.36. The highest BCUT2D eigenvalue weighted by atomic mass is 79.9. The molecule has 18 heavy (non-hydrogen) atoms. The van der Waals surface area contributed by atoms with E-state index < -0.39 is 0 Å². The van der Waals surface area contributed by atoms with E-state index in [1.54, 1.807) is 0 Å².